The molecule has 0 fully saturated rings. The van der Waals surface area contributed by atoms with E-state index in [9.17, 15) is 0 Å². The minimum atomic E-state index is -0.0656. The second kappa shape index (κ2) is 10.0. The lowest BCUT2D eigenvalue weighted by molar-refractivity contribution is 0.350. The fourth-order valence-electron chi connectivity index (χ4n) is 0.705. The lowest BCUT2D eigenvalue weighted by atomic mass is 10.2. The van der Waals surface area contributed by atoms with Gasteiger partial charge in [0.2, 0.25) is 0 Å². The molecule has 0 atom stereocenters. The highest BCUT2D eigenvalue weighted by Crippen LogP contribution is 1.94. The Kier molecular flexibility index (Phi) is 9.17. The first kappa shape index (κ1) is 11.0. The summed E-state index contributed by atoms with van der Waals surface area (Å²) >= 11 is 0. The average molecular weight is 164 g/mol. The molecule has 0 radical (unpaired) electrons. The highest BCUT2D eigenvalue weighted by atomic mass is 16.2. The molecular weight excluding hydrogens is 148 g/mol. The molecule has 0 spiro atoms. The molecule has 0 unspecified atom stereocenters. The van der Waals surface area contributed by atoms with Crippen molar-refractivity contribution in [2.75, 3.05) is 6.61 Å². The predicted octanol–water partition coefficient (Wildman–Crippen LogP) is 2.28. The number of aliphatic hydroxyl groups excluding tert-OH is 1. The molecule has 0 aromatic carbocycles. The van der Waals surface area contributed by atoms with Crippen LogP contribution in [0.3, 0.4) is 0 Å². The lowest BCUT2D eigenvalue weighted by Gasteiger charge is -1.84. The summed E-state index contributed by atoms with van der Waals surface area (Å²) in [5.74, 6) is 5.23. The normalized spacial score (nSPS) is 10.5. The van der Waals surface area contributed by atoms with E-state index in [1.54, 1.807) is 6.08 Å². The van der Waals surface area contributed by atoms with Crippen LogP contribution >= 0.6 is 0 Å². The van der Waals surface area contributed by atoms with E-state index in [1.165, 1.54) is 12.8 Å². The molecule has 0 saturated heterocycles. The van der Waals surface area contributed by atoms with Crippen LogP contribution in [0.5, 0.6) is 0 Å². The van der Waals surface area contributed by atoms with E-state index in [-0.39, 0.29) is 6.61 Å². The van der Waals surface area contributed by atoms with Crippen molar-refractivity contribution in [3.8, 4) is 11.8 Å². The fourth-order valence-corrected chi connectivity index (χ4v) is 0.705. The van der Waals surface area contributed by atoms with Crippen LogP contribution in [0.2, 0.25) is 0 Å². The van der Waals surface area contributed by atoms with Gasteiger partial charge in [-0.1, -0.05) is 49.8 Å². The molecule has 0 saturated carbocycles. The van der Waals surface area contributed by atoms with Crippen molar-refractivity contribution in [3.05, 3.63) is 24.3 Å². The van der Waals surface area contributed by atoms with Crippen LogP contribution in [0.4, 0.5) is 0 Å². The molecule has 0 bridgehead atoms. The maximum Gasteiger partial charge on any atom is 0.104 e. The number of rotatable bonds is 4. The Balaban J connectivity index is 3.39. The Bertz CT molecular complexity index is 191. The number of aliphatic hydroxyl groups is 1. The second-order valence-corrected chi connectivity index (χ2v) is 2.41. The highest BCUT2D eigenvalue weighted by Gasteiger charge is 1.74. The van der Waals surface area contributed by atoms with E-state index in [1.807, 2.05) is 12.2 Å². The molecule has 0 aliphatic carbocycles. The molecule has 1 nitrogen and oxygen atoms in total. The Morgan fingerprint density at radius 1 is 1.33 bits per heavy atom. The van der Waals surface area contributed by atoms with E-state index in [0.29, 0.717) is 0 Å². The van der Waals surface area contributed by atoms with Gasteiger partial charge in [0.1, 0.15) is 6.61 Å². The van der Waals surface area contributed by atoms with Crippen LogP contribution in [0, 0.1) is 11.8 Å². The number of allylic oxidation sites excluding steroid dienone is 4. The third-order valence-corrected chi connectivity index (χ3v) is 1.33. The van der Waals surface area contributed by atoms with Crippen molar-refractivity contribution in [1.29, 1.82) is 0 Å². The summed E-state index contributed by atoms with van der Waals surface area (Å²) in [6.07, 6.45) is 11.3. The highest BCUT2D eigenvalue weighted by molar-refractivity contribution is 5.19. The second-order valence-electron chi connectivity index (χ2n) is 2.41. The SMILES string of the molecule is CCCC/C=C/C=C/C#CCO. The van der Waals surface area contributed by atoms with Crippen LogP contribution in [-0.2, 0) is 0 Å². The van der Waals surface area contributed by atoms with Crippen molar-refractivity contribution in [2.24, 2.45) is 0 Å². The molecule has 1 N–H and O–H groups in total. The first-order valence-corrected chi connectivity index (χ1v) is 4.32. The lowest BCUT2D eigenvalue weighted by Crippen LogP contribution is -1.68. The van der Waals surface area contributed by atoms with Gasteiger partial charge in [0.05, 0.1) is 0 Å². The van der Waals surface area contributed by atoms with Crippen molar-refractivity contribution in [2.45, 2.75) is 26.2 Å². The van der Waals surface area contributed by atoms with Gasteiger partial charge in [-0.2, -0.15) is 0 Å². The van der Waals surface area contributed by atoms with Gasteiger partial charge in [-0.05, 0) is 12.5 Å². The largest absolute Gasteiger partial charge is 0.384 e. The summed E-state index contributed by atoms with van der Waals surface area (Å²) in [5, 5.41) is 8.31. The van der Waals surface area contributed by atoms with E-state index in [4.69, 9.17) is 5.11 Å². The van der Waals surface area contributed by atoms with Gasteiger partial charge in [0.15, 0.2) is 0 Å². The molecule has 66 valence electrons. The van der Waals surface area contributed by atoms with Crippen LogP contribution in [-0.4, -0.2) is 11.7 Å². The molecule has 0 aromatic rings. The Labute approximate surface area is 74.8 Å². The summed E-state index contributed by atoms with van der Waals surface area (Å²) in [4.78, 5) is 0. The van der Waals surface area contributed by atoms with Gasteiger partial charge in [0.25, 0.3) is 0 Å². The molecule has 0 aliphatic heterocycles. The summed E-state index contributed by atoms with van der Waals surface area (Å²) in [6.45, 7) is 2.11. The van der Waals surface area contributed by atoms with E-state index in [2.05, 4.69) is 24.8 Å². The Hall–Kier alpha value is -1.00. The number of unbranched alkanes of at least 4 members (excludes halogenated alkanes) is 2. The summed E-state index contributed by atoms with van der Waals surface area (Å²) in [7, 11) is 0. The smallest absolute Gasteiger partial charge is 0.104 e. The zero-order chi connectivity index (χ0) is 9.07. The minimum Gasteiger partial charge on any atom is -0.384 e. The number of hydrogen-bond acceptors (Lipinski definition) is 1. The molecule has 0 aromatic heterocycles. The van der Waals surface area contributed by atoms with E-state index < -0.39 is 0 Å². The molecule has 0 amide bonds. The first-order chi connectivity index (χ1) is 5.91. The maximum absolute atomic E-state index is 8.31. The molecule has 0 heterocycles. The molecule has 12 heavy (non-hydrogen) atoms. The van der Waals surface area contributed by atoms with Gasteiger partial charge < -0.3 is 5.11 Å². The van der Waals surface area contributed by atoms with Crippen LogP contribution in [0.25, 0.3) is 0 Å². The van der Waals surface area contributed by atoms with Crippen molar-refractivity contribution in [1.82, 2.24) is 0 Å². The van der Waals surface area contributed by atoms with Crippen molar-refractivity contribution in [3.63, 3.8) is 0 Å². The zero-order valence-electron chi connectivity index (χ0n) is 7.59. The van der Waals surface area contributed by atoms with Gasteiger partial charge in [-0.15, -0.1) is 0 Å². The quantitative estimate of drug-likeness (QED) is 0.384. The average Bonchev–Trinajstić information content (AvgIpc) is 2.10. The maximum atomic E-state index is 8.31. The summed E-state index contributed by atoms with van der Waals surface area (Å²) in [6, 6.07) is 0. The van der Waals surface area contributed by atoms with Crippen LogP contribution in [0.15, 0.2) is 24.3 Å². The van der Waals surface area contributed by atoms with Gasteiger partial charge in [0, 0.05) is 0 Å². The minimum absolute atomic E-state index is 0.0656. The number of hydrogen-bond donors (Lipinski definition) is 1. The van der Waals surface area contributed by atoms with Crippen molar-refractivity contribution >= 4 is 0 Å². The van der Waals surface area contributed by atoms with Gasteiger partial charge in [-0.3, -0.25) is 0 Å². The predicted molar refractivity (Wildman–Crippen MR) is 52.7 cm³/mol. The first-order valence-electron chi connectivity index (χ1n) is 4.32. The molecule has 0 rings (SSSR count). The summed E-state index contributed by atoms with van der Waals surface area (Å²) in [5.41, 5.74) is 0. The third kappa shape index (κ3) is 9.00. The molecule has 0 aliphatic rings. The van der Waals surface area contributed by atoms with Crippen LogP contribution < -0.4 is 0 Å². The van der Waals surface area contributed by atoms with Crippen LogP contribution in [0.1, 0.15) is 26.2 Å². The third-order valence-electron chi connectivity index (χ3n) is 1.33. The monoisotopic (exact) mass is 164 g/mol. The fraction of sp³-hybridized carbons (Fsp3) is 0.455. The zero-order valence-corrected chi connectivity index (χ0v) is 7.59. The topological polar surface area (TPSA) is 20.2 Å². The van der Waals surface area contributed by atoms with E-state index >= 15 is 0 Å². The molecule has 1 heteroatoms. The van der Waals surface area contributed by atoms with Crippen molar-refractivity contribution < 1.29 is 5.11 Å². The molecular formula is C11H16O. The summed E-state index contributed by atoms with van der Waals surface area (Å²) < 4.78 is 0. The van der Waals surface area contributed by atoms with Gasteiger partial charge >= 0.3 is 0 Å². The van der Waals surface area contributed by atoms with Gasteiger partial charge in [-0.25, -0.2) is 0 Å². The Morgan fingerprint density at radius 3 is 2.83 bits per heavy atom. The van der Waals surface area contributed by atoms with E-state index in [0.717, 1.165) is 6.42 Å². The Morgan fingerprint density at radius 2 is 2.17 bits per heavy atom. The standard InChI is InChI=1S/C11H16O/c1-2-3-4-5-6-7-8-9-10-11-12/h5-8,12H,2-4,11H2,1H3/b6-5+,8-7+.